The molecule has 120 valence electrons. The third kappa shape index (κ3) is 3.03. The highest BCUT2D eigenvalue weighted by Gasteiger charge is 2.28. The van der Waals surface area contributed by atoms with E-state index in [-0.39, 0.29) is 10.5 Å². The highest BCUT2D eigenvalue weighted by Crippen LogP contribution is 2.23. The monoisotopic (exact) mass is 333 g/mol. The van der Waals surface area contributed by atoms with Gasteiger partial charge in [-0.2, -0.15) is 0 Å². The molecule has 0 aliphatic heterocycles. The second-order valence-electron chi connectivity index (χ2n) is 5.64. The Morgan fingerprint density at radius 2 is 2.04 bits per heavy atom. The van der Waals surface area contributed by atoms with Crippen molar-refractivity contribution in [2.24, 2.45) is 0 Å². The number of benzene rings is 1. The van der Waals surface area contributed by atoms with Crippen molar-refractivity contribution in [3.05, 3.63) is 58.8 Å². The number of hydrogen-bond acceptors (Lipinski definition) is 5. The highest BCUT2D eigenvalue weighted by atomic mass is 32.2. The summed E-state index contributed by atoms with van der Waals surface area (Å²) in [5.41, 5.74) is 0.525. The van der Waals surface area contributed by atoms with Crippen LogP contribution in [-0.4, -0.2) is 18.4 Å². The van der Waals surface area contributed by atoms with Crippen LogP contribution < -0.4 is 10.5 Å². The number of sulfonamides is 1. The molecule has 0 fully saturated rings. The van der Waals surface area contributed by atoms with Gasteiger partial charge in [-0.15, -0.1) is 0 Å². The van der Waals surface area contributed by atoms with Crippen LogP contribution >= 0.6 is 0 Å². The number of pyridine rings is 1. The lowest BCUT2D eigenvalue weighted by Gasteiger charge is -2.26. The van der Waals surface area contributed by atoms with Gasteiger partial charge < -0.3 is 4.42 Å². The van der Waals surface area contributed by atoms with Gasteiger partial charge in [0.05, 0.1) is 16.0 Å². The lowest BCUT2D eigenvalue weighted by molar-refractivity contribution is 0.470. The van der Waals surface area contributed by atoms with E-state index in [0.29, 0.717) is 5.52 Å². The first kappa shape index (κ1) is 15.4. The van der Waals surface area contributed by atoms with Crippen LogP contribution in [0.1, 0.15) is 19.4 Å². The SMILES string of the molecule is CC(C)(NS(=O)(=O)c1ccc2[nH]c(=O)oc2c1)c1cccnc1. The van der Waals surface area contributed by atoms with E-state index in [1.54, 1.807) is 38.4 Å². The Morgan fingerprint density at radius 1 is 1.26 bits per heavy atom. The van der Waals surface area contributed by atoms with Gasteiger partial charge in [0.1, 0.15) is 0 Å². The number of nitrogens with zero attached hydrogens (tertiary/aromatic N) is 1. The van der Waals surface area contributed by atoms with E-state index in [4.69, 9.17) is 4.42 Å². The summed E-state index contributed by atoms with van der Waals surface area (Å²) < 4.78 is 32.8. The third-order valence-corrected chi connectivity index (χ3v) is 5.13. The van der Waals surface area contributed by atoms with Crippen molar-refractivity contribution in [3.63, 3.8) is 0 Å². The van der Waals surface area contributed by atoms with Crippen molar-refractivity contribution in [1.29, 1.82) is 0 Å². The molecule has 0 amide bonds. The van der Waals surface area contributed by atoms with Crippen LogP contribution in [0, 0.1) is 0 Å². The molecule has 0 saturated carbocycles. The summed E-state index contributed by atoms with van der Waals surface area (Å²) in [5, 5.41) is 0. The molecule has 0 aliphatic rings. The number of fused-ring (bicyclic) bond motifs is 1. The van der Waals surface area contributed by atoms with Crippen molar-refractivity contribution in [2.45, 2.75) is 24.3 Å². The van der Waals surface area contributed by atoms with E-state index in [0.717, 1.165) is 5.56 Å². The van der Waals surface area contributed by atoms with Gasteiger partial charge in [-0.05, 0) is 37.6 Å². The first-order chi connectivity index (χ1) is 10.8. The Morgan fingerprint density at radius 3 is 2.74 bits per heavy atom. The molecule has 0 unspecified atom stereocenters. The highest BCUT2D eigenvalue weighted by molar-refractivity contribution is 7.89. The fourth-order valence-electron chi connectivity index (χ4n) is 2.28. The number of aromatic nitrogens is 2. The Kier molecular flexibility index (Phi) is 3.57. The first-order valence-electron chi connectivity index (χ1n) is 6.85. The van der Waals surface area contributed by atoms with Gasteiger partial charge in [-0.3, -0.25) is 9.97 Å². The lowest BCUT2D eigenvalue weighted by atomic mass is 9.98. The predicted molar refractivity (Wildman–Crippen MR) is 84.4 cm³/mol. The Balaban J connectivity index is 1.98. The smallest absolute Gasteiger partial charge is 0.408 e. The number of rotatable bonds is 4. The molecule has 3 aromatic rings. The van der Waals surface area contributed by atoms with Crippen molar-refractivity contribution >= 4 is 21.1 Å². The molecule has 0 atom stereocenters. The van der Waals surface area contributed by atoms with Gasteiger partial charge in [0.15, 0.2) is 5.58 Å². The van der Waals surface area contributed by atoms with Crippen molar-refractivity contribution in [2.75, 3.05) is 0 Å². The van der Waals surface area contributed by atoms with Crippen LogP contribution in [0.5, 0.6) is 0 Å². The van der Waals surface area contributed by atoms with Crippen molar-refractivity contribution < 1.29 is 12.8 Å². The van der Waals surface area contributed by atoms with Crippen LogP contribution in [0.15, 0.2) is 56.8 Å². The molecule has 7 nitrogen and oxygen atoms in total. The number of H-pyrrole nitrogens is 1. The van der Waals surface area contributed by atoms with Gasteiger partial charge in [-0.1, -0.05) is 6.07 Å². The molecular weight excluding hydrogens is 318 g/mol. The maximum absolute atomic E-state index is 12.6. The van der Waals surface area contributed by atoms with Gasteiger partial charge in [-0.25, -0.2) is 17.9 Å². The molecule has 0 aliphatic carbocycles. The Hall–Kier alpha value is -2.45. The van der Waals surface area contributed by atoms with Crippen molar-refractivity contribution in [3.8, 4) is 0 Å². The zero-order chi connectivity index (χ0) is 16.7. The summed E-state index contributed by atoms with van der Waals surface area (Å²) in [4.78, 5) is 17.7. The molecule has 0 spiro atoms. The molecule has 1 aromatic carbocycles. The van der Waals surface area contributed by atoms with Gasteiger partial charge in [0.2, 0.25) is 10.0 Å². The normalized spacial score (nSPS) is 12.6. The number of nitrogens with one attached hydrogen (secondary N) is 2. The van der Waals surface area contributed by atoms with Crippen LogP contribution in [0.4, 0.5) is 0 Å². The lowest BCUT2D eigenvalue weighted by Crippen LogP contribution is -2.40. The van der Waals surface area contributed by atoms with Crippen LogP contribution in [0.2, 0.25) is 0 Å². The third-order valence-electron chi connectivity index (χ3n) is 3.48. The van der Waals surface area contributed by atoms with E-state index in [1.807, 2.05) is 0 Å². The molecule has 2 N–H and O–H groups in total. The minimum absolute atomic E-state index is 0.0183. The Labute approximate surface area is 132 Å². The molecule has 8 heteroatoms. The summed E-state index contributed by atoms with van der Waals surface area (Å²) in [6, 6.07) is 7.76. The van der Waals surface area contributed by atoms with Gasteiger partial charge in [0, 0.05) is 18.5 Å². The maximum atomic E-state index is 12.6. The number of oxazole rings is 1. The summed E-state index contributed by atoms with van der Waals surface area (Å²) in [5.74, 6) is -0.627. The van der Waals surface area contributed by atoms with E-state index < -0.39 is 21.3 Å². The zero-order valence-electron chi connectivity index (χ0n) is 12.5. The number of aromatic amines is 1. The Bertz CT molecular complexity index is 1000. The largest absolute Gasteiger partial charge is 0.417 e. The summed E-state index contributed by atoms with van der Waals surface area (Å²) in [6.07, 6.45) is 3.23. The second-order valence-corrected chi connectivity index (χ2v) is 7.33. The summed E-state index contributed by atoms with van der Waals surface area (Å²) >= 11 is 0. The first-order valence-corrected chi connectivity index (χ1v) is 8.34. The minimum atomic E-state index is -3.80. The average Bonchev–Trinajstić information content (AvgIpc) is 2.86. The van der Waals surface area contributed by atoms with E-state index in [2.05, 4.69) is 14.7 Å². The van der Waals surface area contributed by atoms with Crippen LogP contribution in [-0.2, 0) is 15.6 Å². The maximum Gasteiger partial charge on any atom is 0.417 e. The molecule has 3 rings (SSSR count). The van der Waals surface area contributed by atoms with Crippen LogP contribution in [0.25, 0.3) is 11.1 Å². The second kappa shape index (κ2) is 5.32. The minimum Gasteiger partial charge on any atom is -0.408 e. The molecule has 2 aromatic heterocycles. The molecule has 2 heterocycles. The number of hydrogen-bond donors (Lipinski definition) is 2. The predicted octanol–water partition coefficient (Wildman–Crippen LogP) is 1.73. The van der Waals surface area contributed by atoms with E-state index >= 15 is 0 Å². The van der Waals surface area contributed by atoms with E-state index in [9.17, 15) is 13.2 Å². The quantitative estimate of drug-likeness (QED) is 0.756. The topological polar surface area (TPSA) is 105 Å². The standard InChI is InChI=1S/C15H15N3O4S/c1-15(2,10-4-3-7-16-9-10)18-23(20,21)11-5-6-12-13(8-11)22-14(19)17-12/h3-9,18H,1-2H3,(H,17,19). The van der Waals surface area contributed by atoms with Crippen LogP contribution in [0.3, 0.4) is 0 Å². The molecule has 0 saturated heterocycles. The summed E-state index contributed by atoms with van der Waals surface area (Å²) in [7, 11) is -3.80. The zero-order valence-corrected chi connectivity index (χ0v) is 13.3. The fourth-order valence-corrected chi connectivity index (χ4v) is 3.70. The molecule has 0 bridgehead atoms. The van der Waals surface area contributed by atoms with Gasteiger partial charge in [0.25, 0.3) is 0 Å². The fraction of sp³-hybridized carbons (Fsp3) is 0.200. The van der Waals surface area contributed by atoms with Crippen molar-refractivity contribution in [1.82, 2.24) is 14.7 Å². The summed E-state index contributed by atoms with van der Waals surface area (Å²) in [6.45, 7) is 3.49. The molecular formula is C15H15N3O4S. The van der Waals surface area contributed by atoms with E-state index in [1.165, 1.54) is 18.2 Å². The molecule has 23 heavy (non-hydrogen) atoms. The molecule has 0 radical (unpaired) electrons. The van der Waals surface area contributed by atoms with Gasteiger partial charge >= 0.3 is 5.76 Å². The average molecular weight is 333 g/mol.